The molecule has 6 heteroatoms. The summed E-state index contributed by atoms with van der Waals surface area (Å²) in [5.41, 5.74) is 0. The first-order valence-corrected chi connectivity index (χ1v) is 8.86. The summed E-state index contributed by atoms with van der Waals surface area (Å²) in [6.45, 7) is 3.92. The number of halogens is 2. The second-order valence-corrected chi connectivity index (χ2v) is 8.06. The fourth-order valence-corrected chi connectivity index (χ4v) is 4.30. The van der Waals surface area contributed by atoms with Crippen molar-refractivity contribution in [2.45, 2.75) is 13.1 Å². The lowest BCUT2D eigenvalue weighted by Gasteiger charge is -2.15. The van der Waals surface area contributed by atoms with Gasteiger partial charge in [-0.25, -0.2) is 0 Å². The Morgan fingerprint density at radius 3 is 2.84 bits per heavy atom. The molecule has 2 aromatic rings. The molecule has 0 amide bonds. The molecule has 0 aliphatic heterocycles. The number of thiophene rings is 2. The van der Waals surface area contributed by atoms with Crippen LogP contribution in [0.2, 0.25) is 4.34 Å². The van der Waals surface area contributed by atoms with Crippen molar-refractivity contribution >= 4 is 50.2 Å². The zero-order valence-corrected chi connectivity index (χ0v) is 14.6. The molecule has 1 N–H and O–H groups in total. The molecular weight excluding hydrogens is 364 g/mol. The van der Waals surface area contributed by atoms with Crippen molar-refractivity contribution in [2.75, 3.05) is 20.1 Å². The van der Waals surface area contributed by atoms with Crippen molar-refractivity contribution in [2.24, 2.45) is 0 Å². The van der Waals surface area contributed by atoms with Gasteiger partial charge in [-0.05, 0) is 41.2 Å². The van der Waals surface area contributed by atoms with Crippen LogP contribution in [0.3, 0.4) is 0 Å². The second kappa shape index (κ2) is 7.76. The summed E-state index contributed by atoms with van der Waals surface area (Å²) < 4.78 is 2.03. The van der Waals surface area contributed by atoms with Gasteiger partial charge < -0.3 is 10.2 Å². The van der Waals surface area contributed by atoms with E-state index in [0.717, 1.165) is 30.5 Å². The van der Waals surface area contributed by atoms with Crippen molar-refractivity contribution in [1.29, 1.82) is 0 Å². The van der Waals surface area contributed by atoms with E-state index in [-0.39, 0.29) is 0 Å². The first kappa shape index (κ1) is 15.5. The van der Waals surface area contributed by atoms with Crippen LogP contribution in [0.25, 0.3) is 0 Å². The van der Waals surface area contributed by atoms with Gasteiger partial charge in [0.2, 0.25) is 0 Å². The molecule has 0 spiro atoms. The number of rotatable bonds is 7. The lowest BCUT2D eigenvalue weighted by molar-refractivity contribution is 0.327. The van der Waals surface area contributed by atoms with Crippen LogP contribution in [-0.2, 0) is 13.1 Å². The number of nitrogens with zero attached hydrogens (tertiary/aromatic N) is 1. The van der Waals surface area contributed by atoms with Crippen LogP contribution in [0.15, 0.2) is 28.1 Å². The lowest BCUT2D eigenvalue weighted by atomic mass is 10.4. The van der Waals surface area contributed by atoms with Crippen molar-refractivity contribution in [3.8, 4) is 0 Å². The Kier molecular flexibility index (Phi) is 6.32. The quantitative estimate of drug-likeness (QED) is 0.715. The van der Waals surface area contributed by atoms with E-state index < -0.39 is 0 Å². The van der Waals surface area contributed by atoms with Crippen molar-refractivity contribution < 1.29 is 0 Å². The summed E-state index contributed by atoms with van der Waals surface area (Å²) in [6, 6.07) is 6.21. The topological polar surface area (TPSA) is 15.3 Å². The molecule has 0 saturated carbocycles. The van der Waals surface area contributed by atoms with Crippen LogP contribution in [0.1, 0.15) is 9.75 Å². The summed E-state index contributed by atoms with van der Waals surface area (Å²) in [5, 5.41) is 5.57. The maximum absolute atomic E-state index is 5.90. The third-order valence-corrected chi connectivity index (χ3v) is 5.56. The monoisotopic (exact) mass is 378 g/mol. The zero-order chi connectivity index (χ0) is 13.7. The Labute approximate surface area is 135 Å². The highest BCUT2D eigenvalue weighted by Crippen LogP contribution is 2.21. The van der Waals surface area contributed by atoms with Crippen molar-refractivity contribution in [3.05, 3.63) is 42.1 Å². The van der Waals surface area contributed by atoms with E-state index >= 15 is 0 Å². The highest BCUT2D eigenvalue weighted by atomic mass is 79.9. The molecule has 19 heavy (non-hydrogen) atoms. The van der Waals surface area contributed by atoms with Gasteiger partial charge in [-0.15, -0.1) is 22.7 Å². The molecule has 0 bridgehead atoms. The zero-order valence-electron chi connectivity index (χ0n) is 10.7. The van der Waals surface area contributed by atoms with Crippen LogP contribution in [0.5, 0.6) is 0 Å². The van der Waals surface area contributed by atoms with Crippen LogP contribution < -0.4 is 5.32 Å². The summed E-state index contributed by atoms with van der Waals surface area (Å²) in [5.74, 6) is 0. The standard InChI is InChI=1S/C13H16BrClN2S2/c1-17(8-12-6-10(14)9-18-12)5-4-16-7-11-2-3-13(15)19-11/h2-3,6,9,16H,4-5,7-8H2,1H3. The van der Waals surface area contributed by atoms with Crippen molar-refractivity contribution in [1.82, 2.24) is 10.2 Å². The maximum atomic E-state index is 5.90. The first-order valence-electron chi connectivity index (χ1n) is 6.00. The molecule has 2 rings (SSSR count). The van der Waals surface area contributed by atoms with E-state index in [4.69, 9.17) is 11.6 Å². The molecular formula is C13H16BrClN2S2. The number of hydrogen-bond acceptors (Lipinski definition) is 4. The molecule has 0 aromatic carbocycles. The summed E-state index contributed by atoms with van der Waals surface area (Å²) in [6.07, 6.45) is 0. The smallest absolute Gasteiger partial charge is 0.0931 e. The van der Waals surface area contributed by atoms with Crippen molar-refractivity contribution in [3.63, 3.8) is 0 Å². The SMILES string of the molecule is CN(CCNCc1ccc(Cl)s1)Cc1cc(Br)cs1. The van der Waals surface area contributed by atoms with Crippen LogP contribution >= 0.6 is 50.2 Å². The highest BCUT2D eigenvalue weighted by Gasteiger charge is 2.03. The van der Waals surface area contributed by atoms with Gasteiger partial charge in [-0.3, -0.25) is 0 Å². The fourth-order valence-electron chi connectivity index (χ4n) is 1.71. The van der Waals surface area contributed by atoms with E-state index in [2.05, 4.69) is 50.7 Å². The molecule has 2 nitrogen and oxygen atoms in total. The van der Waals surface area contributed by atoms with Gasteiger partial charge >= 0.3 is 0 Å². The minimum atomic E-state index is 0.859. The summed E-state index contributed by atoms with van der Waals surface area (Å²) in [4.78, 5) is 5.00. The van der Waals surface area contributed by atoms with Gasteiger partial charge in [-0.2, -0.15) is 0 Å². The Bertz CT molecular complexity index is 512. The number of likely N-dealkylation sites (N-methyl/N-ethyl adjacent to an activating group) is 1. The normalized spacial score (nSPS) is 11.4. The molecule has 2 heterocycles. The minimum Gasteiger partial charge on any atom is -0.311 e. The van der Waals surface area contributed by atoms with E-state index in [1.165, 1.54) is 14.2 Å². The average Bonchev–Trinajstić information content (AvgIpc) is 2.94. The molecule has 0 fully saturated rings. The minimum absolute atomic E-state index is 0.859. The van der Waals surface area contributed by atoms with Gasteiger partial charge in [-0.1, -0.05) is 11.6 Å². The Balaban J connectivity index is 1.62. The predicted octanol–water partition coefficient (Wildman–Crippen LogP) is 4.45. The highest BCUT2D eigenvalue weighted by molar-refractivity contribution is 9.10. The van der Waals surface area contributed by atoms with Gasteiger partial charge in [0.05, 0.1) is 4.34 Å². The molecule has 0 aliphatic carbocycles. The largest absolute Gasteiger partial charge is 0.311 e. The molecule has 0 atom stereocenters. The van der Waals surface area contributed by atoms with Gasteiger partial charge in [0.1, 0.15) is 0 Å². The van der Waals surface area contributed by atoms with E-state index in [9.17, 15) is 0 Å². The van der Waals surface area contributed by atoms with Crippen LogP contribution in [0.4, 0.5) is 0 Å². The predicted molar refractivity (Wildman–Crippen MR) is 89.4 cm³/mol. The Hall–Kier alpha value is 0.0900. The van der Waals surface area contributed by atoms with Gasteiger partial charge in [0.25, 0.3) is 0 Å². The molecule has 0 unspecified atom stereocenters. The number of hydrogen-bond donors (Lipinski definition) is 1. The molecule has 0 saturated heterocycles. The number of nitrogens with one attached hydrogen (secondary N) is 1. The third-order valence-electron chi connectivity index (χ3n) is 2.65. The van der Waals surface area contributed by atoms with Crippen LogP contribution in [-0.4, -0.2) is 25.0 Å². The van der Waals surface area contributed by atoms with Crippen LogP contribution in [0, 0.1) is 0 Å². The van der Waals surface area contributed by atoms with E-state index in [0.29, 0.717) is 0 Å². The molecule has 2 aromatic heterocycles. The lowest BCUT2D eigenvalue weighted by Crippen LogP contribution is -2.28. The summed E-state index contributed by atoms with van der Waals surface area (Å²) >= 11 is 12.8. The average molecular weight is 380 g/mol. The molecule has 0 aliphatic rings. The van der Waals surface area contributed by atoms with E-state index in [1.54, 1.807) is 22.7 Å². The summed E-state index contributed by atoms with van der Waals surface area (Å²) in [7, 11) is 2.15. The molecule has 0 radical (unpaired) electrons. The molecule has 104 valence electrons. The van der Waals surface area contributed by atoms with Gasteiger partial charge in [0.15, 0.2) is 0 Å². The van der Waals surface area contributed by atoms with Gasteiger partial charge in [0, 0.05) is 45.8 Å². The Morgan fingerprint density at radius 1 is 1.37 bits per heavy atom. The Morgan fingerprint density at radius 2 is 2.21 bits per heavy atom. The fraction of sp³-hybridized carbons (Fsp3) is 0.385. The second-order valence-electron chi connectivity index (χ2n) is 4.35. The van der Waals surface area contributed by atoms with E-state index in [1.807, 2.05) is 6.07 Å². The maximum Gasteiger partial charge on any atom is 0.0931 e. The first-order chi connectivity index (χ1) is 9.13. The third kappa shape index (κ3) is 5.53.